The molecule has 2 aliphatic rings. The SMILES string of the molecule is O=C(CC1CC2CCC1C2)c1ccc(C(F)(F)F)c(F)c1. The Morgan fingerprint density at radius 2 is 1.95 bits per heavy atom. The normalized spacial score (nSPS) is 28.1. The maximum absolute atomic E-state index is 13.5. The number of carbonyl (C=O) groups is 1. The van der Waals surface area contributed by atoms with Crippen molar-refractivity contribution in [3.05, 3.63) is 35.1 Å². The van der Waals surface area contributed by atoms with Gasteiger partial charge in [0.15, 0.2) is 5.78 Å². The molecule has 0 radical (unpaired) electrons. The minimum absolute atomic E-state index is 0.0447. The summed E-state index contributed by atoms with van der Waals surface area (Å²) in [5, 5.41) is 0. The molecule has 3 unspecified atom stereocenters. The number of fused-ring (bicyclic) bond motifs is 2. The van der Waals surface area contributed by atoms with E-state index in [1.54, 1.807) is 0 Å². The molecule has 3 rings (SSSR count). The maximum Gasteiger partial charge on any atom is 0.419 e. The lowest BCUT2D eigenvalue weighted by Gasteiger charge is -2.20. The summed E-state index contributed by atoms with van der Waals surface area (Å²) in [7, 11) is 0. The van der Waals surface area contributed by atoms with Gasteiger partial charge in [0.25, 0.3) is 0 Å². The molecule has 114 valence electrons. The van der Waals surface area contributed by atoms with E-state index in [1.165, 1.54) is 12.8 Å². The average molecular weight is 300 g/mol. The smallest absolute Gasteiger partial charge is 0.294 e. The van der Waals surface area contributed by atoms with E-state index in [1.807, 2.05) is 0 Å². The number of alkyl halides is 3. The van der Waals surface area contributed by atoms with Gasteiger partial charge in [0, 0.05) is 12.0 Å². The van der Waals surface area contributed by atoms with Gasteiger partial charge in [-0.05, 0) is 49.1 Å². The molecule has 1 aromatic rings. The lowest BCUT2D eigenvalue weighted by Crippen LogP contribution is -2.16. The van der Waals surface area contributed by atoms with Crippen LogP contribution in [0.1, 0.15) is 48.0 Å². The summed E-state index contributed by atoms with van der Waals surface area (Å²) < 4.78 is 51.0. The molecule has 5 heteroatoms. The van der Waals surface area contributed by atoms with Crippen molar-refractivity contribution >= 4 is 5.78 Å². The summed E-state index contributed by atoms with van der Waals surface area (Å²) in [4.78, 5) is 12.1. The fourth-order valence-electron chi connectivity index (χ4n) is 3.90. The van der Waals surface area contributed by atoms with Crippen molar-refractivity contribution in [3.63, 3.8) is 0 Å². The number of halogens is 4. The summed E-state index contributed by atoms with van der Waals surface area (Å²) in [6.45, 7) is 0. The molecule has 0 N–H and O–H groups in total. The van der Waals surface area contributed by atoms with Gasteiger partial charge in [-0.25, -0.2) is 4.39 Å². The third-order valence-electron chi connectivity index (χ3n) is 4.93. The lowest BCUT2D eigenvalue weighted by atomic mass is 9.84. The highest BCUT2D eigenvalue weighted by Gasteiger charge is 2.40. The van der Waals surface area contributed by atoms with Gasteiger partial charge in [-0.2, -0.15) is 13.2 Å². The van der Waals surface area contributed by atoms with Crippen molar-refractivity contribution in [3.8, 4) is 0 Å². The van der Waals surface area contributed by atoms with Crippen molar-refractivity contribution < 1.29 is 22.4 Å². The predicted octanol–water partition coefficient (Wildman–Crippen LogP) is 4.85. The first-order valence-corrected chi connectivity index (χ1v) is 7.24. The zero-order valence-corrected chi connectivity index (χ0v) is 11.4. The predicted molar refractivity (Wildman–Crippen MR) is 69.3 cm³/mol. The molecule has 21 heavy (non-hydrogen) atoms. The number of hydrogen-bond acceptors (Lipinski definition) is 1. The van der Waals surface area contributed by atoms with E-state index < -0.39 is 17.6 Å². The molecule has 2 saturated carbocycles. The van der Waals surface area contributed by atoms with Gasteiger partial charge in [-0.15, -0.1) is 0 Å². The number of ketones is 1. The molecule has 0 aliphatic heterocycles. The van der Waals surface area contributed by atoms with Crippen molar-refractivity contribution in [2.45, 2.75) is 38.3 Å². The first kappa shape index (κ1) is 14.5. The van der Waals surface area contributed by atoms with Crippen molar-refractivity contribution in [2.24, 2.45) is 17.8 Å². The molecule has 0 aromatic heterocycles. The lowest BCUT2D eigenvalue weighted by molar-refractivity contribution is -0.140. The second kappa shape index (κ2) is 5.11. The third kappa shape index (κ3) is 2.83. The fraction of sp³-hybridized carbons (Fsp3) is 0.562. The van der Waals surface area contributed by atoms with E-state index in [0.29, 0.717) is 30.2 Å². The summed E-state index contributed by atoms with van der Waals surface area (Å²) >= 11 is 0. The van der Waals surface area contributed by atoms with Crippen LogP contribution in [0, 0.1) is 23.6 Å². The molecule has 1 nitrogen and oxygen atoms in total. The minimum atomic E-state index is -4.73. The molecule has 0 heterocycles. The van der Waals surface area contributed by atoms with Crippen LogP contribution < -0.4 is 0 Å². The molecule has 1 aromatic carbocycles. The third-order valence-corrected chi connectivity index (χ3v) is 4.93. The zero-order chi connectivity index (χ0) is 15.2. The molecule has 0 spiro atoms. The Bertz CT molecular complexity index is 564. The van der Waals surface area contributed by atoms with E-state index in [0.717, 1.165) is 25.0 Å². The van der Waals surface area contributed by atoms with Gasteiger partial charge < -0.3 is 0 Å². The fourth-order valence-corrected chi connectivity index (χ4v) is 3.90. The quantitative estimate of drug-likeness (QED) is 0.576. The number of benzene rings is 1. The second-order valence-corrected chi connectivity index (χ2v) is 6.25. The van der Waals surface area contributed by atoms with Gasteiger partial charge in [0.1, 0.15) is 5.82 Å². The first-order valence-electron chi connectivity index (χ1n) is 7.24. The van der Waals surface area contributed by atoms with E-state index in [-0.39, 0.29) is 11.3 Å². The first-order chi connectivity index (χ1) is 9.84. The van der Waals surface area contributed by atoms with Crippen molar-refractivity contribution in [1.82, 2.24) is 0 Å². The van der Waals surface area contributed by atoms with Crippen LogP contribution in [-0.2, 0) is 6.18 Å². The standard InChI is InChI=1S/C16H16F4O/c17-14-7-11(3-4-13(14)16(18,19)20)15(21)8-12-6-9-1-2-10(12)5-9/h3-4,7,9-10,12H,1-2,5-6,8H2. The van der Waals surface area contributed by atoms with Crippen LogP contribution in [0.3, 0.4) is 0 Å². The monoisotopic (exact) mass is 300 g/mol. The average Bonchev–Trinajstić information content (AvgIpc) is 2.99. The largest absolute Gasteiger partial charge is 0.419 e. The van der Waals surface area contributed by atoms with E-state index >= 15 is 0 Å². The minimum Gasteiger partial charge on any atom is -0.294 e. The Balaban J connectivity index is 1.72. The summed E-state index contributed by atoms with van der Waals surface area (Å²) in [5.74, 6) is -0.0292. The number of Topliss-reactive ketones (excluding diaryl/α,β-unsaturated/α-hetero) is 1. The second-order valence-electron chi connectivity index (χ2n) is 6.25. The highest BCUT2D eigenvalue weighted by molar-refractivity contribution is 5.96. The van der Waals surface area contributed by atoms with Crippen molar-refractivity contribution in [1.29, 1.82) is 0 Å². The highest BCUT2D eigenvalue weighted by Crippen LogP contribution is 2.49. The highest BCUT2D eigenvalue weighted by atomic mass is 19.4. The van der Waals surface area contributed by atoms with Crippen molar-refractivity contribution in [2.75, 3.05) is 0 Å². The van der Waals surface area contributed by atoms with Crippen LogP contribution in [0.2, 0.25) is 0 Å². The van der Waals surface area contributed by atoms with Gasteiger partial charge >= 0.3 is 6.18 Å². The Hall–Kier alpha value is -1.39. The van der Waals surface area contributed by atoms with Crippen LogP contribution in [0.5, 0.6) is 0 Å². The molecule has 0 saturated heterocycles. The number of carbonyl (C=O) groups excluding carboxylic acids is 1. The Morgan fingerprint density at radius 1 is 1.19 bits per heavy atom. The Morgan fingerprint density at radius 3 is 2.48 bits per heavy atom. The van der Waals surface area contributed by atoms with Gasteiger partial charge in [0.2, 0.25) is 0 Å². The van der Waals surface area contributed by atoms with Gasteiger partial charge in [-0.1, -0.05) is 12.5 Å². The molecule has 3 atom stereocenters. The zero-order valence-electron chi connectivity index (χ0n) is 11.4. The summed E-state index contributed by atoms with van der Waals surface area (Å²) in [5.41, 5.74) is -1.28. The molecular weight excluding hydrogens is 284 g/mol. The molecular formula is C16H16F4O. The van der Waals surface area contributed by atoms with E-state index in [4.69, 9.17) is 0 Å². The summed E-state index contributed by atoms with van der Waals surface area (Å²) in [6.07, 6.45) is 0.162. The molecule has 2 aliphatic carbocycles. The molecule has 0 amide bonds. The summed E-state index contributed by atoms with van der Waals surface area (Å²) in [6, 6.07) is 2.46. The van der Waals surface area contributed by atoms with Gasteiger partial charge in [0.05, 0.1) is 5.56 Å². The van der Waals surface area contributed by atoms with Crippen LogP contribution in [0.15, 0.2) is 18.2 Å². The maximum atomic E-state index is 13.5. The van der Waals surface area contributed by atoms with Crippen LogP contribution in [0.4, 0.5) is 17.6 Å². The van der Waals surface area contributed by atoms with E-state index in [9.17, 15) is 22.4 Å². The van der Waals surface area contributed by atoms with E-state index in [2.05, 4.69) is 0 Å². The van der Waals surface area contributed by atoms with Crippen LogP contribution in [-0.4, -0.2) is 5.78 Å². The Kier molecular flexibility index (Phi) is 3.54. The topological polar surface area (TPSA) is 17.1 Å². The molecule has 2 fully saturated rings. The van der Waals surface area contributed by atoms with Crippen LogP contribution >= 0.6 is 0 Å². The number of hydrogen-bond donors (Lipinski definition) is 0. The van der Waals surface area contributed by atoms with Crippen LogP contribution in [0.25, 0.3) is 0 Å². The number of rotatable bonds is 3. The molecule has 2 bridgehead atoms. The Labute approximate surface area is 120 Å². The van der Waals surface area contributed by atoms with Gasteiger partial charge in [-0.3, -0.25) is 4.79 Å².